The summed E-state index contributed by atoms with van der Waals surface area (Å²) in [5.74, 6) is 1.75. The summed E-state index contributed by atoms with van der Waals surface area (Å²) in [6.45, 7) is 9.26. The largest absolute Gasteiger partial charge is 0.481 e. The van der Waals surface area contributed by atoms with Crippen LogP contribution in [0.4, 0.5) is 0 Å². The van der Waals surface area contributed by atoms with Crippen LogP contribution >= 0.6 is 0 Å². The summed E-state index contributed by atoms with van der Waals surface area (Å²) in [5.41, 5.74) is 0.131. The van der Waals surface area contributed by atoms with Gasteiger partial charge in [0.25, 0.3) is 0 Å². The smallest absolute Gasteiger partial charge is 0.303 e. The number of carbonyl (C=O) groups is 1. The van der Waals surface area contributed by atoms with Crippen LogP contribution in [0.25, 0.3) is 0 Å². The molecule has 2 unspecified atom stereocenters. The molecular formula is C25H44O4. The van der Waals surface area contributed by atoms with Crippen molar-refractivity contribution in [3.05, 3.63) is 0 Å². The maximum absolute atomic E-state index is 11.6. The molecule has 0 radical (unpaired) electrons. The van der Waals surface area contributed by atoms with Crippen molar-refractivity contribution in [2.75, 3.05) is 0 Å². The number of fused-ring (bicyclic) bond motifs is 1. The molecule has 0 spiro atoms. The molecule has 29 heavy (non-hydrogen) atoms. The van der Waals surface area contributed by atoms with Crippen molar-refractivity contribution in [3.8, 4) is 0 Å². The van der Waals surface area contributed by atoms with Crippen molar-refractivity contribution in [3.63, 3.8) is 0 Å². The molecule has 3 aliphatic carbocycles. The average molecular weight is 409 g/mol. The molecule has 3 fully saturated rings. The third-order valence-electron chi connectivity index (χ3n) is 9.83. The van der Waals surface area contributed by atoms with Gasteiger partial charge < -0.3 is 15.3 Å². The van der Waals surface area contributed by atoms with Gasteiger partial charge >= 0.3 is 5.97 Å². The topological polar surface area (TPSA) is 77.8 Å². The predicted molar refractivity (Wildman–Crippen MR) is 115 cm³/mol. The Morgan fingerprint density at radius 1 is 1.14 bits per heavy atom. The average Bonchev–Trinajstić information content (AvgIpc) is 3.06. The highest BCUT2D eigenvalue weighted by atomic mass is 16.4. The molecule has 9 atom stereocenters. The molecule has 0 aliphatic heterocycles. The van der Waals surface area contributed by atoms with Crippen LogP contribution in [0.2, 0.25) is 0 Å². The van der Waals surface area contributed by atoms with E-state index in [2.05, 4.69) is 27.7 Å². The maximum atomic E-state index is 11.6. The zero-order valence-corrected chi connectivity index (χ0v) is 19.1. The van der Waals surface area contributed by atoms with Gasteiger partial charge in [-0.15, -0.1) is 0 Å². The molecule has 3 saturated carbocycles. The van der Waals surface area contributed by atoms with Crippen LogP contribution in [0.1, 0.15) is 98.3 Å². The Labute approximate surface area is 177 Å². The first-order valence-electron chi connectivity index (χ1n) is 12.2. The zero-order valence-electron chi connectivity index (χ0n) is 19.1. The number of hydrogen-bond acceptors (Lipinski definition) is 3. The first-order valence-corrected chi connectivity index (χ1v) is 12.2. The van der Waals surface area contributed by atoms with Gasteiger partial charge in [0.15, 0.2) is 0 Å². The fourth-order valence-electron chi connectivity index (χ4n) is 7.78. The molecule has 0 bridgehead atoms. The van der Waals surface area contributed by atoms with E-state index in [1.807, 2.05) is 0 Å². The lowest BCUT2D eigenvalue weighted by Crippen LogP contribution is -2.50. The van der Waals surface area contributed by atoms with Crippen molar-refractivity contribution in [2.24, 2.45) is 40.4 Å². The minimum atomic E-state index is -0.716. The number of carboxylic acids is 1. The van der Waals surface area contributed by atoms with E-state index >= 15 is 0 Å². The molecule has 0 aromatic rings. The molecule has 0 heterocycles. The first-order chi connectivity index (χ1) is 13.6. The van der Waals surface area contributed by atoms with E-state index in [0.717, 1.165) is 44.9 Å². The van der Waals surface area contributed by atoms with Gasteiger partial charge in [-0.05, 0) is 91.8 Å². The summed E-state index contributed by atoms with van der Waals surface area (Å²) >= 11 is 0. The van der Waals surface area contributed by atoms with Gasteiger partial charge in [0.05, 0.1) is 12.2 Å². The van der Waals surface area contributed by atoms with Crippen LogP contribution in [-0.4, -0.2) is 33.5 Å². The monoisotopic (exact) mass is 408 g/mol. The number of rotatable bonds is 7. The van der Waals surface area contributed by atoms with E-state index in [0.29, 0.717) is 36.0 Å². The minimum Gasteiger partial charge on any atom is -0.481 e. The number of aliphatic carboxylic acids is 1. The summed E-state index contributed by atoms with van der Waals surface area (Å²) in [6, 6.07) is 0. The Bertz CT molecular complexity index is 577. The quantitative estimate of drug-likeness (QED) is 0.537. The molecule has 4 heteroatoms. The van der Waals surface area contributed by atoms with Crippen LogP contribution in [0, 0.1) is 40.4 Å². The van der Waals surface area contributed by atoms with Crippen molar-refractivity contribution in [2.45, 2.75) is 111 Å². The van der Waals surface area contributed by atoms with Crippen molar-refractivity contribution < 1.29 is 20.1 Å². The Kier molecular flexibility index (Phi) is 7.05. The Morgan fingerprint density at radius 2 is 1.86 bits per heavy atom. The number of hydrogen-bond donors (Lipinski definition) is 3. The molecule has 168 valence electrons. The predicted octanol–water partition coefficient (Wildman–Crippen LogP) is 5.26. The van der Waals surface area contributed by atoms with Crippen LogP contribution in [0.5, 0.6) is 0 Å². The summed E-state index contributed by atoms with van der Waals surface area (Å²) in [6.07, 6.45) is 9.98. The van der Waals surface area contributed by atoms with Gasteiger partial charge in [-0.1, -0.05) is 40.5 Å². The lowest BCUT2D eigenvalue weighted by molar-refractivity contribution is -0.137. The van der Waals surface area contributed by atoms with E-state index in [1.54, 1.807) is 0 Å². The van der Waals surface area contributed by atoms with E-state index < -0.39 is 5.97 Å². The van der Waals surface area contributed by atoms with Crippen molar-refractivity contribution >= 4 is 5.97 Å². The SMILES string of the molecule is CC1CC[C@@H]2C[C@H](O)CC[C@]2(C)C1C[C@H](O)[C@@]1(C)CCC[C@@H]1[C@H](C)CCC(=O)O. The third-order valence-corrected chi connectivity index (χ3v) is 9.83. The molecule has 0 aromatic carbocycles. The van der Waals surface area contributed by atoms with Crippen LogP contribution in [-0.2, 0) is 4.79 Å². The zero-order chi connectivity index (χ0) is 21.4. The Balaban J connectivity index is 1.73. The molecular weight excluding hydrogens is 364 g/mol. The van der Waals surface area contributed by atoms with Gasteiger partial charge in [-0.3, -0.25) is 4.79 Å². The molecule has 4 nitrogen and oxygen atoms in total. The summed E-state index contributed by atoms with van der Waals surface area (Å²) in [5, 5.41) is 30.9. The second kappa shape index (κ2) is 8.86. The standard InChI is InChI=1S/C25H44O4/c1-16(8-10-23(28)29)20-6-5-12-25(20,4)22(27)15-21-17(2)7-9-18-14-19(26)11-13-24(18,21)3/h16-22,26-27H,5-15H2,1-4H3,(H,28,29)/t16-,17?,18-,19-,20-,21?,22+,24+,25+/m1/s1. The second-order valence-corrected chi connectivity index (χ2v) is 11.5. The Hall–Kier alpha value is -0.610. The van der Waals surface area contributed by atoms with Gasteiger partial charge in [0, 0.05) is 6.42 Å². The minimum absolute atomic E-state index is 0.102. The summed E-state index contributed by atoms with van der Waals surface area (Å²) < 4.78 is 0. The third kappa shape index (κ3) is 4.54. The highest BCUT2D eigenvalue weighted by molar-refractivity contribution is 5.66. The van der Waals surface area contributed by atoms with Gasteiger partial charge in [-0.2, -0.15) is 0 Å². The molecule has 3 N–H and O–H groups in total. The molecule has 0 amide bonds. The number of aliphatic hydroxyl groups is 2. The Morgan fingerprint density at radius 3 is 2.55 bits per heavy atom. The van der Waals surface area contributed by atoms with E-state index in [1.165, 1.54) is 12.8 Å². The summed E-state index contributed by atoms with van der Waals surface area (Å²) in [4.78, 5) is 11.0. The van der Waals surface area contributed by atoms with Crippen LogP contribution in [0.15, 0.2) is 0 Å². The van der Waals surface area contributed by atoms with Gasteiger partial charge in [0.2, 0.25) is 0 Å². The second-order valence-electron chi connectivity index (χ2n) is 11.5. The van der Waals surface area contributed by atoms with Gasteiger partial charge in [-0.25, -0.2) is 0 Å². The molecule has 0 aromatic heterocycles. The van der Waals surface area contributed by atoms with E-state index in [9.17, 15) is 15.0 Å². The maximum Gasteiger partial charge on any atom is 0.303 e. The lowest BCUT2D eigenvalue weighted by Gasteiger charge is -2.55. The normalized spacial score (nSPS) is 44.8. The van der Waals surface area contributed by atoms with Gasteiger partial charge in [0.1, 0.15) is 0 Å². The fraction of sp³-hybridized carbons (Fsp3) is 0.960. The molecule has 0 saturated heterocycles. The summed E-state index contributed by atoms with van der Waals surface area (Å²) in [7, 11) is 0. The lowest BCUT2D eigenvalue weighted by atomic mass is 9.50. The van der Waals surface area contributed by atoms with Crippen molar-refractivity contribution in [1.82, 2.24) is 0 Å². The van der Waals surface area contributed by atoms with Crippen molar-refractivity contribution in [1.29, 1.82) is 0 Å². The van der Waals surface area contributed by atoms with E-state index in [4.69, 9.17) is 5.11 Å². The van der Waals surface area contributed by atoms with Crippen LogP contribution < -0.4 is 0 Å². The first kappa shape index (κ1) is 23.1. The highest BCUT2D eigenvalue weighted by Crippen LogP contribution is 2.59. The fourth-order valence-corrected chi connectivity index (χ4v) is 7.78. The van der Waals surface area contributed by atoms with Crippen LogP contribution in [0.3, 0.4) is 0 Å². The van der Waals surface area contributed by atoms with E-state index in [-0.39, 0.29) is 29.5 Å². The highest BCUT2D eigenvalue weighted by Gasteiger charge is 2.53. The molecule has 3 rings (SSSR count). The number of carboxylic acid groups (broad SMARTS) is 1. The molecule has 3 aliphatic rings. The number of aliphatic hydroxyl groups excluding tert-OH is 2.